The van der Waals surface area contributed by atoms with Crippen LogP contribution in [-0.2, 0) is 9.59 Å². The third-order valence-electron chi connectivity index (χ3n) is 3.09. The van der Waals surface area contributed by atoms with Crippen molar-refractivity contribution in [3.63, 3.8) is 0 Å². The quantitative estimate of drug-likeness (QED) is 0.891. The van der Waals surface area contributed by atoms with Gasteiger partial charge in [0, 0.05) is 12.5 Å². The minimum Gasteiger partial charge on any atom is -0.481 e. The second kappa shape index (κ2) is 6.80. The zero-order valence-electron chi connectivity index (χ0n) is 11.4. The SMILES string of the molecule is O=C(CC(C(=O)O)c1ccccc1)Nc1ccc(F)cc1F. The van der Waals surface area contributed by atoms with Gasteiger partial charge in [-0.05, 0) is 17.7 Å². The highest BCUT2D eigenvalue weighted by atomic mass is 19.1. The molecular weight excluding hydrogens is 292 g/mol. The lowest BCUT2D eigenvalue weighted by Crippen LogP contribution is -2.21. The smallest absolute Gasteiger partial charge is 0.311 e. The van der Waals surface area contributed by atoms with Crippen molar-refractivity contribution in [2.45, 2.75) is 12.3 Å². The van der Waals surface area contributed by atoms with Crippen LogP contribution in [0.5, 0.6) is 0 Å². The van der Waals surface area contributed by atoms with E-state index in [1.807, 2.05) is 0 Å². The largest absolute Gasteiger partial charge is 0.481 e. The number of benzene rings is 2. The van der Waals surface area contributed by atoms with Gasteiger partial charge in [0.15, 0.2) is 0 Å². The molecule has 0 saturated carbocycles. The van der Waals surface area contributed by atoms with Gasteiger partial charge in [0.05, 0.1) is 11.6 Å². The molecule has 2 aromatic carbocycles. The number of hydrogen-bond acceptors (Lipinski definition) is 2. The van der Waals surface area contributed by atoms with Gasteiger partial charge in [-0.1, -0.05) is 30.3 Å². The lowest BCUT2D eigenvalue weighted by Gasteiger charge is -2.13. The highest BCUT2D eigenvalue weighted by Gasteiger charge is 2.23. The summed E-state index contributed by atoms with van der Waals surface area (Å²) in [4.78, 5) is 23.2. The topological polar surface area (TPSA) is 66.4 Å². The number of carboxylic acids is 1. The second-order valence-electron chi connectivity index (χ2n) is 4.68. The molecule has 2 N–H and O–H groups in total. The first-order valence-electron chi connectivity index (χ1n) is 6.50. The molecule has 6 heteroatoms. The molecule has 4 nitrogen and oxygen atoms in total. The normalized spacial score (nSPS) is 11.7. The van der Waals surface area contributed by atoms with Gasteiger partial charge in [-0.15, -0.1) is 0 Å². The van der Waals surface area contributed by atoms with Crippen molar-refractivity contribution >= 4 is 17.6 Å². The number of halogens is 2. The Morgan fingerprint density at radius 2 is 1.77 bits per heavy atom. The number of hydrogen-bond donors (Lipinski definition) is 2. The molecule has 0 radical (unpaired) electrons. The summed E-state index contributed by atoms with van der Waals surface area (Å²) in [5, 5.41) is 11.5. The third-order valence-corrected chi connectivity index (χ3v) is 3.09. The molecule has 1 atom stereocenters. The minimum absolute atomic E-state index is 0.191. The Bertz CT molecular complexity index is 689. The third kappa shape index (κ3) is 3.88. The molecule has 0 saturated heterocycles. The number of nitrogens with one attached hydrogen (secondary N) is 1. The van der Waals surface area contributed by atoms with E-state index >= 15 is 0 Å². The van der Waals surface area contributed by atoms with E-state index in [4.69, 9.17) is 0 Å². The molecule has 0 bridgehead atoms. The zero-order chi connectivity index (χ0) is 16.1. The van der Waals surface area contributed by atoms with E-state index in [9.17, 15) is 23.5 Å². The van der Waals surface area contributed by atoms with Gasteiger partial charge in [-0.2, -0.15) is 0 Å². The first-order chi connectivity index (χ1) is 10.5. The maximum Gasteiger partial charge on any atom is 0.311 e. The highest BCUT2D eigenvalue weighted by Crippen LogP contribution is 2.21. The van der Waals surface area contributed by atoms with Gasteiger partial charge in [0.2, 0.25) is 5.91 Å². The molecule has 0 aromatic heterocycles. The van der Waals surface area contributed by atoms with Crippen LogP contribution in [0.2, 0.25) is 0 Å². The fourth-order valence-electron chi connectivity index (χ4n) is 2.01. The van der Waals surface area contributed by atoms with Crippen molar-refractivity contribution in [3.05, 3.63) is 65.7 Å². The number of carboxylic acid groups (broad SMARTS) is 1. The van der Waals surface area contributed by atoms with Gasteiger partial charge in [0.25, 0.3) is 0 Å². The average Bonchev–Trinajstić information content (AvgIpc) is 2.48. The van der Waals surface area contributed by atoms with E-state index < -0.39 is 29.4 Å². The summed E-state index contributed by atoms with van der Waals surface area (Å²) in [6.07, 6.45) is -0.351. The van der Waals surface area contributed by atoms with Crippen LogP contribution >= 0.6 is 0 Å². The zero-order valence-corrected chi connectivity index (χ0v) is 11.4. The van der Waals surface area contributed by atoms with E-state index in [-0.39, 0.29) is 12.1 Å². The van der Waals surface area contributed by atoms with E-state index in [2.05, 4.69) is 5.32 Å². The van der Waals surface area contributed by atoms with Gasteiger partial charge in [-0.3, -0.25) is 9.59 Å². The first-order valence-corrected chi connectivity index (χ1v) is 6.50. The molecule has 2 aromatic rings. The average molecular weight is 305 g/mol. The monoisotopic (exact) mass is 305 g/mol. The van der Waals surface area contributed by atoms with Crippen LogP contribution in [0.15, 0.2) is 48.5 Å². The Labute approximate surface area is 125 Å². The van der Waals surface area contributed by atoms with Crippen molar-refractivity contribution in [3.8, 4) is 0 Å². The molecule has 0 heterocycles. The molecule has 0 aliphatic carbocycles. The van der Waals surface area contributed by atoms with Crippen molar-refractivity contribution in [2.24, 2.45) is 0 Å². The Morgan fingerprint density at radius 3 is 2.36 bits per heavy atom. The van der Waals surface area contributed by atoms with E-state index in [0.717, 1.165) is 12.1 Å². The first kappa shape index (κ1) is 15.6. The van der Waals surface area contributed by atoms with Crippen LogP contribution in [0.4, 0.5) is 14.5 Å². The van der Waals surface area contributed by atoms with Crippen molar-refractivity contribution in [1.29, 1.82) is 0 Å². The summed E-state index contributed by atoms with van der Waals surface area (Å²) in [7, 11) is 0. The second-order valence-corrected chi connectivity index (χ2v) is 4.68. The Hall–Kier alpha value is -2.76. The number of carbonyl (C=O) groups is 2. The van der Waals surface area contributed by atoms with Crippen LogP contribution in [-0.4, -0.2) is 17.0 Å². The Morgan fingerprint density at radius 1 is 1.09 bits per heavy atom. The van der Waals surface area contributed by atoms with Crippen LogP contribution in [0.1, 0.15) is 17.9 Å². The predicted octanol–water partition coefficient (Wildman–Crippen LogP) is 3.16. The number of rotatable bonds is 5. The molecule has 0 fully saturated rings. The molecule has 0 aliphatic rings. The van der Waals surface area contributed by atoms with Crippen molar-refractivity contribution in [1.82, 2.24) is 0 Å². The number of carbonyl (C=O) groups excluding carboxylic acids is 1. The standard InChI is InChI=1S/C16H13F2NO3/c17-11-6-7-14(13(18)8-11)19-15(20)9-12(16(21)22)10-4-2-1-3-5-10/h1-8,12H,9H2,(H,19,20)(H,21,22). The molecule has 2 rings (SSSR count). The summed E-state index contributed by atoms with van der Waals surface area (Å²) in [5.41, 5.74) is 0.285. The Kier molecular flexibility index (Phi) is 4.83. The van der Waals surface area contributed by atoms with Crippen molar-refractivity contribution in [2.75, 3.05) is 5.32 Å². The molecular formula is C16H13F2NO3. The number of amides is 1. The van der Waals surface area contributed by atoms with Crippen LogP contribution in [0, 0.1) is 11.6 Å². The summed E-state index contributed by atoms with van der Waals surface area (Å²) < 4.78 is 26.3. The van der Waals surface area contributed by atoms with Crippen LogP contribution in [0.3, 0.4) is 0 Å². The molecule has 1 unspecified atom stereocenters. The highest BCUT2D eigenvalue weighted by molar-refractivity contribution is 5.94. The molecule has 0 aliphatic heterocycles. The van der Waals surface area contributed by atoms with Gasteiger partial charge in [0.1, 0.15) is 11.6 Å². The van der Waals surface area contributed by atoms with E-state index in [1.54, 1.807) is 30.3 Å². The summed E-state index contributed by atoms with van der Waals surface area (Å²) in [5.74, 6) is -4.53. The molecule has 22 heavy (non-hydrogen) atoms. The van der Waals surface area contributed by atoms with Crippen LogP contribution < -0.4 is 5.32 Å². The summed E-state index contributed by atoms with van der Waals surface area (Å²) in [6, 6.07) is 11.0. The lowest BCUT2D eigenvalue weighted by molar-refractivity contribution is -0.140. The van der Waals surface area contributed by atoms with Gasteiger partial charge >= 0.3 is 5.97 Å². The number of aliphatic carboxylic acids is 1. The Balaban J connectivity index is 2.10. The number of anilines is 1. The summed E-state index contributed by atoms with van der Waals surface area (Å²) in [6.45, 7) is 0. The van der Waals surface area contributed by atoms with Gasteiger partial charge < -0.3 is 10.4 Å². The fourth-order valence-corrected chi connectivity index (χ4v) is 2.01. The molecule has 114 valence electrons. The van der Waals surface area contributed by atoms with Gasteiger partial charge in [-0.25, -0.2) is 8.78 Å². The van der Waals surface area contributed by atoms with Crippen molar-refractivity contribution < 1.29 is 23.5 Å². The maximum atomic E-state index is 13.5. The molecule has 1 amide bonds. The fraction of sp³-hybridized carbons (Fsp3) is 0.125. The maximum absolute atomic E-state index is 13.5. The summed E-state index contributed by atoms with van der Waals surface area (Å²) >= 11 is 0. The molecule has 0 spiro atoms. The van der Waals surface area contributed by atoms with E-state index in [0.29, 0.717) is 11.6 Å². The van der Waals surface area contributed by atoms with E-state index in [1.165, 1.54) is 0 Å². The predicted molar refractivity (Wildman–Crippen MR) is 76.4 cm³/mol. The lowest BCUT2D eigenvalue weighted by atomic mass is 9.95. The minimum atomic E-state index is -1.15. The van der Waals surface area contributed by atoms with Crippen LogP contribution in [0.25, 0.3) is 0 Å².